The van der Waals surface area contributed by atoms with Crippen molar-refractivity contribution in [1.29, 1.82) is 0 Å². The number of methoxy groups -OCH3 is 4. The van der Waals surface area contributed by atoms with Crippen LogP contribution in [0.2, 0.25) is 0 Å². The molecule has 272 valence electrons. The summed E-state index contributed by atoms with van der Waals surface area (Å²) in [6.45, 7) is 0.221. The van der Waals surface area contributed by atoms with E-state index in [0.717, 1.165) is 5.41 Å². The van der Waals surface area contributed by atoms with Gasteiger partial charge in [-0.1, -0.05) is 6.07 Å². The van der Waals surface area contributed by atoms with Gasteiger partial charge in [-0.15, -0.1) is 5.06 Å². The van der Waals surface area contributed by atoms with Gasteiger partial charge in [0, 0.05) is 70.4 Å². The highest BCUT2D eigenvalue weighted by molar-refractivity contribution is 7.93. The van der Waals surface area contributed by atoms with E-state index in [1.54, 1.807) is 12.1 Å². The van der Waals surface area contributed by atoms with Crippen molar-refractivity contribution in [2.24, 2.45) is 0 Å². The maximum absolute atomic E-state index is 13.1. The quantitative estimate of drug-likeness (QED) is 0.218. The number of sulfone groups is 1. The lowest BCUT2D eigenvalue weighted by Gasteiger charge is -2.22. The minimum absolute atomic E-state index is 0.00632. The van der Waals surface area contributed by atoms with Crippen LogP contribution in [-0.4, -0.2) is 109 Å². The van der Waals surface area contributed by atoms with Gasteiger partial charge in [0.25, 0.3) is 11.8 Å². The third-order valence-electron chi connectivity index (χ3n) is 7.47. The largest absolute Gasteiger partial charge is 0.496 e. The minimum Gasteiger partial charge on any atom is -0.496 e. The van der Waals surface area contributed by atoms with Crippen molar-refractivity contribution in [3.8, 4) is 28.7 Å². The van der Waals surface area contributed by atoms with Crippen molar-refractivity contribution in [3.05, 3.63) is 46.9 Å². The zero-order valence-electron chi connectivity index (χ0n) is 28.8. The van der Waals surface area contributed by atoms with Gasteiger partial charge in [-0.25, -0.2) is 18.0 Å². The van der Waals surface area contributed by atoms with Crippen LogP contribution in [0.1, 0.15) is 43.2 Å². The van der Waals surface area contributed by atoms with E-state index in [2.05, 4.69) is 0 Å². The van der Waals surface area contributed by atoms with Crippen molar-refractivity contribution in [2.45, 2.75) is 37.9 Å². The van der Waals surface area contributed by atoms with Crippen LogP contribution in [-0.2, 0) is 39.6 Å². The lowest BCUT2D eigenvalue weighted by atomic mass is 10.1. The van der Waals surface area contributed by atoms with Crippen molar-refractivity contribution < 1.29 is 60.9 Å². The molecule has 1 aliphatic rings. The second kappa shape index (κ2) is 17.9. The van der Waals surface area contributed by atoms with Crippen molar-refractivity contribution in [2.75, 3.05) is 55.6 Å². The fourth-order valence-electron chi connectivity index (χ4n) is 4.61. The molecule has 17 heteroatoms. The second-order valence-corrected chi connectivity index (χ2v) is 12.9. The summed E-state index contributed by atoms with van der Waals surface area (Å²) in [6, 6.07) is 7.60. The van der Waals surface area contributed by atoms with Gasteiger partial charge in [0.2, 0.25) is 5.91 Å². The molecule has 1 fully saturated rings. The predicted molar refractivity (Wildman–Crippen MR) is 178 cm³/mol. The molecule has 0 unspecified atom stereocenters. The summed E-state index contributed by atoms with van der Waals surface area (Å²) in [5.74, 6) is -1.34. The summed E-state index contributed by atoms with van der Waals surface area (Å²) in [5, 5.41) is 1.49. The number of hydroxylamine groups is 2. The summed E-state index contributed by atoms with van der Waals surface area (Å²) in [5.41, 5.74) is 0.719. The fourth-order valence-corrected chi connectivity index (χ4v) is 5.69. The van der Waals surface area contributed by atoms with Gasteiger partial charge in [0.15, 0.2) is 21.3 Å². The van der Waals surface area contributed by atoms with Crippen molar-refractivity contribution in [1.82, 2.24) is 14.9 Å². The molecule has 50 heavy (non-hydrogen) atoms. The minimum atomic E-state index is -3.83. The third-order valence-corrected chi connectivity index (χ3v) is 8.75. The fraction of sp³-hybridized carbons (Fsp3) is 0.424. The van der Waals surface area contributed by atoms with E-state index in [1.807, 2.05) is 0 Å². The molecule has 0 aromatic heterocycles. The Hall–Kier alpha value is -5.32. The zero-order valence-corrected chi connectivity index (χ0v) is 29.6. The molecular formula is C33H41N3O13S. The highest BCUT2D eigenvalue weighted by Gasteiger charge is 2.32. The first kappa shape index (κ1) is 39.1. The van der Waals surface area contributed by atoms with Crippen LogP contribution in [0.25, 0.3) is 6.08 Å². The number of nitrogens with zero attached hydrogens (tertiary/aromatic N) is 3. The highest BCUT2D eigenvalue weighted by atomic mass is 32.2. The molecule has 16 nitrogen and oxygen atoms in total. The lowest BCUT2D eigenvalue weighted by Crippen LogP contribution is -2.38. The molecular weight excluding hydrogens is 678 g/mol. The van der Waals surface area contributed by atoms with Gasteiger partial charge in [0.05, 0.1) is 39.8 Å². The molecule has 0 atom stereocenters. The number of rotatable bonds is 17. The van der Waals surface area contributed by atoms with Gasteiger partial charge in [-0.05, 0) is 30.2 Å². The number of likely N-dealkylation sites (N-methyl/N-ethyl adjacent to an activating group) is 2. The van der Waals surface area contributed by atoms with Crippen molar-refractivity contribution >= 4 is 45.7 Å². The SMILES string of the molecule is COc1cc(OC)c(/C=C/S(=O)(=O)Cc2ccc(OC)c(OC(=O)N(C)CCN(C)C(=O)CCCC(=O)ON3C(=O)CCC3=O)c2)c(OC)c1. The number of carbonyl (C=O) groups is 5. The maximum Gasteiger partial charge on any atom is 0.415 e. The van der Waals surface area contributed by atoms with Crippen LogP contribution in [0.5, 0.6) is 28.7 Å². The Morgan fingerprint density at radius 3 is 1.98 bits per heavy atom. The zero-order chi connectivity index (χ0) is 37.0. The Labute approximate surface area is 290 Å². The van der Waals surface area contributed by atoms with E-state index < -0.39 is 39.5 Å². The Kier molecular flexibility index (Phi) is 14.0. The molecule has 0 aliphatic carbocycles. The number of hydrogen-bond donors (Lipinski definition) is 0. The molecule has 1 heterocycles. The molecule has 0 radical (unpaired) electrons. The molecule has 0 spiro atoms. The van der Waals surface area contributed by atoms with Crippen LogP contribution in [0.4, 0.5) is 4.79 Å². The van der Waals surface area contributed by atoms with Crippen LogP contribution in [0.15, 0.2) is 35.7 Å². The first-order chi connectivity index (χ1) is 23.7. The number of carbonyl (C=O) groups excluding carboxylic acids is 5. The Balaban J connectivity index is 1.55. The van der Waals surface area contributed by atoms with Gasteiger partial charge in [-0.2, -0.15) is 0 Å². The van der Waals surface area contributed by atoms with E-state index in [0.29, 0.717) is 33.4 Å². The molecule has 0 bridgehead atoms. The number of amides is 4. The van der Waals surface area contributed by atoms with E-state index in [-0.39, 0.29) is 62.6 Å². The van der Waals surface area contributed by atoms with Crippen LogP contribution >= 0.6 is 0 Å². The van der Waals surface area contributed by atoms with Gasteiger partial charge >= 0.3 is 12.1 Å². The standard InChI is InChI=1S/C33H41N3O13S/c1-34(29(37)8-7-9-32(40)49-36-30(38)12-13-31(36)39)15-16-35(2)33(41)48-28-18-22(10-11-25(28)45-4)21-50(42,43)17-14-24-26(46-5)19-23(44-3)20-27(24)47-6/h10-11,14,17-20H,7-9,12-13,15-16,21H2,1-6H3/b17-14+. The average Bonchev–Trinajstić information content (AvgIpc) is 3.40. The third kappa shape index (κ3) is 10.8. The van der Waals surface area contributed by atoms with E-state index >= 15 is 0 Å². The highest BCUT2D eigenvalue weighted by Crippen LogP contribution is 2.35. The molecule has 1 saturated heterocycles. The molecule has 3 rings (SSSR count). The number of ether oxygens (including phenoxy) is 5. The number of hydrogen-bond acceptors (Lipinski definition) is 13. The normalized spacial score (nSPS) is 12.9. The lowest BCUT2D eigenvalue weighted by molar-refractivity contribution is -0.197. The Bertz CT molecular complexity index is 1680. The van der Waals surface area contributed by atoms with E-state index in [9.17, 15) is 32.4 Å². The summed E-state index contributed by atoms with van der Waals surface area (Å²) >= 11 is 0. The monoisotopic (exact) mass is 719 g/mol. The summed E-state index contributed by atoms with van der Waals surface area (Å²) < 4.78 is 52.9. The first-order valence-electron chi connectivity index (χ1n) is 15.3. The molecule has 2 aromatic carbocycles. The summed E-state index contributed by atoms with van der Waals surface area (Å²) in [7, 11) is 4.89. The van der Waals surface area contributed by atoms with Gasteiger partial charge < -0.3 is 38.3 Å². The smallest absolute Gasteiger partial charge is 0.415 e. The van der Waals surface area contributed by atoms with Crippen LogP contribution in [0, 0.1) is 0 Å². The number of imide groups is 1. The second-order valence-electron chi connectivity index (χ2n) is 11.0. The summed E-state index contributed by atoms with van der Waals surface area (Å²) in [4.78, 5) is 67.9. The average molecular weight is 720 g/mol. The molecule has 1 aliphatic heterocycles. The number of benzene rings is 2. The molecule has 2 aromatic rings. The summed E-state index contributed by atoms with van der Waals surface area (Å²) in [6.07, 6.45) is 0.499. The molecule has 0 N–H and O–H groups in total. The predicted octanol–water partition coefficient (Wildman–Crippen LogP) is 2.97. The Morgan fingerprint density at radius 2 is 1.40 bits per heavy atom. The van der Waals surface area contributed by atoms with Gasteiger partial charge in [-0.3, -0.25) is 14.4 Å². The van der Waals surface area contributed by atoms with Crippen LogP contribution in [0.3, 0.4) is 0 Å². The molecule has 4 amide bonds. The van der Waals surface area contributed by atoms with E-state index in [1.165, 1.54) is 76.6 Å². The maximum atomic E-state index is 13.1. The topological polar surface area (TPSA) is 185 Å². The van der Waals surface area contributed by atoms with Crippen LogP contribution < -0.4 is 23.7 Å². The van der Waals surface area contributed by atoms with Gasteiger partial charge in [0.1, 0.15) is 17.2 Å². The molecule has 0 saturated carbocycles. The first-order valence-corrected chi connectivity index (χ1v) is 17.0. The Morgan fingerprint density at radius 1 is 0.800 bits per heavy atom. The van der Waals surface area contributed by atoms with E-state index in [4.69, 9.17) is 28.5 Å². The van der Waals surface area contributed by atoms with Crippen molar-refractivity contribution in [3.63, 3.8) is 0 Å².